The SMILES string of the molecule is CCCC[C@@]1(C(=O)OC)C(=O)OC[C@@H]1Br. The molecule has 1 fully saturated rings. The summed E-state index contributed by atoms with van der Waals surface area (Å²) in [5.41, 5.74) is -1.13. The number of methoxy groups -OCH3 is 1. The van der Waals surface area contributed by atoms with Gasteiger partial charge in [-0.3, -0.25) is 9.59 Å². The van der Waals surface area contributed by atoms with Crippen molar-refractivity contribution in [3.8, 4) is 0 Å². The van der Waals surface area contributed by atoms with Crippen molar-refractivity contribution in [3.05, 3.63) is 0 Å². The molecule has 1 aliphatic heterocycles. The topological polar surface area (TPSA) is 52.6 Å². The number of ether oxygens (including phenoxy) is 2. The van der Waals surface area contributed by atoms with Crippen molar-refractivity contribution in [2.24, 2.45) is 5.41 Å². The van der Waals surface area contributed by atoms with Crippen LogP contribution in [0.5, 0.6) is 0 Å². The minimum Gasteiger partial charge on any atom is -0.468 e. The van der Waals surface area contributed by atoms with Crippen LogP contribution >= 0.6 is 15.9 Å². The van der Waals surface area contributed by atoms with E-state index in [1.54, 1.807) is 0 Å². The van der Waals surface area contributed by atoms with Gasteiger partial charge < -0.3 is 9.47 Å². The first-order chi connectivity index (χ1) is 7.09. The fraction of sp³-hybridized carbons (Fsp3) is 0.800. The molecule has 0 aromatic heterocycles. The molecule has 1 aliphatic rings. The molecule has 0 aliphatic carbocycles. The zero-order chi connectivity index (χ0) is 11.5. The van der Waals surface area contributed by atoms with E-state index in [1.807, 2.05) is 6.92 Å². The van der Waals surface area contributed by atoms with E-state index in [4.69, 9.17) is 9.47 Å². The van der Waals surface area contributed by atoms with Crippen molar-refractivity contribution in [1.82, 2.24) is 0 Å². The van der Waals surface area contributed by atoms with E-state index in [9.17, 15) is 9.59 Å². The Morgan fingerprint density at radius 1 is 1.73 bits per heavy atom. The van der Waals surface area contributed by atoms with Gasteiger partial charge in [-0.2, -0.15) is 0 Å². The molecule has 0 bridgehead atoms. The molecule has 0 aromatic rings. The minimum atomic E-state index is -1.13. The van der Waals surface area contributed by atoms with Crippen molar-refractivity contribution in [3.63, 3.8) is 0 Å². The molecule has 1 heterocycles. The Balaban J connectivity index is 2.93. The number of carbonyl (C=O) groups is 2. The molecule has 0 aromatic carbocycles. The molecule has 0 N–H and O–H groups in total. The third-order valence-corrected chi connectivity index (χ3v) is 3.78. The largest absolute Gasteiger partial charge is 0.468 e. The molecule has 0 spiro atoms. The lowest BCUT2D eigenvalue weighted by molar-refractivity contribution is -0.163. The molecular formula is C10H15BrO4. The lowest BCUT2D eigenvalue weighted by Gasteiger charge is -2.24. The highest BCUT2D eigenvalue weighted by Crippen LogP contribution is 2.41. The maximum absolute atomic E-state index is 11.7. The van der Waals surface area contributed by atoms with E-state index < -0.39 is 17.4 Å². The summed E-state index contributed by atoms with van der Waals surface area (Å²) in [6.07, 6.45) is 2.20. The maximum atomic E-state index is 11.7. The molecule has 86 valence electrons. The number of hydrogen-bond donors (Lipinski definition) is 0. The molecule has 0 unspecified atom stereocenters. The summed E-state index contributed by atoms with van der Waals surface area (Å²) in [5, 5.41) is 0. The predicted molar refractivity (Wildman–Crippen MR) is 57.6 cm³/mol. The lowest BCUT2D eigenvalue weighted by Crippen LogP contribution is -2.42. The van der Waals surface area contributed by atoms with Crippen LogP contribution in [0.2, 0.25) is 0 Å². The highest BCUT2D eigenvalue weighted by molar-refractivity contribution is 9.09. The molecule has 5 heteroatoms. The summed E-state index contributed by atoms with van der Waals surface area (Å²) in [5.74, 6) is -0.968. The van der Waals surface area contributed by atoms with Crippen LogP contribution in [0.3, 0.4) is 0 Å². The van der Waals surface area contributed by atoms with Gasteiger partial charge in [-0.05, 0) is 6.42 Å². The number of rotatable bonds is 4. The summed E-state index contributed by atoms with van der Waals surface area (Å²) in [4.78, 5) is 23.1. The Morgan fingerprint density at radius 2 is 2.40 bits per heavy atom. The molecular weight excluding hydrogens is 264 g/mol. The highest BCUT2D eigenvalue weighted by Gasteiger charge is 2.57. The first-order valence-corrected chi connectivity index (χ1v) is 5.90. The van der Waals surface area contributed by atoms with E-state index >= 15 is 0 Å². The number of halogens is 1. The monoisotopic (exact) mass is 278 g/mol. The van der Waals surface area contributed by atoms with Gasteiger partial charge in [0.05, 0.1) is 11.9 Å². The third-order valence-electron chi connectivity index (χ3n) is 2.73. The van der Waals surface area contributed by atoms with Gasteiger partial charge in [-0.15, -0.1) is 0 Å². The van der Waals surface area contributed by atoms with Crippen LogP contribution in [0.4, 0.5) is 0 Å². The van der Waals surface area contributed by atoms with Crippen molar-refractivity contribution < 1.29 is 19.1 Å². The number of alkyl halides is 1. The smallest absolute Gasteiger partial charge is 0.324 e. The van der Waals surface area contributed by atoms with E-state index in [0.29, 0.717) is 6.42 Å². The van der Waals surface area contributed by atoms with Gasteiger partial charge in [0.15, 0.2) is 5.41 Å². The van der Waals surface area contributed by atoms with Crippen LogP contribution in [-0.2, 0) is 19.1 Å². The number of esters is 2. The van der Waals surface area contributed by atoms with E-state index in [2.05, 4.69) is 15.9 Å². The first-order valence-electron chi connectivity index (χ1n) is 4.99. The van der Waals surface area contributed by atoms with Crippen LogP contribution in [0, 0.1) is 5.41 Å². The molecule has 4 nitrogen and oxygen atoms in total. The van der Waals surface area contributed by atoms with Crippen molar-refractivity contribution in [2.45, 2.75) is 31.0 Å². The molecule has 1 rings (SSSR count). The van der Waals surface area contributed by atoms with E-state index in [0.717, 1.165) is 12.8 Å². The van der Waals surface area contributed by atoms with Crippen molar-refractivity contribution >= 4 is 27.9 Å². The Morgan fingerprint density at radius 3 is 2.80 bits per heavy atom. The van der Waals surface area contributed by atoms with Crippen LogP contribution in [0.1, 0.15) is 26.2 Å². The number of cyclic esters (lactones) is 1. The summed E-state index contributed by atoms with van der Waals surface area (Å²) < 4.78 is 9.62. The maximum Gasteiger partial charge on any atom is 0.324 e. The molecule has 1 saturated heterocycles. The normalized spacial score (nSPS) is 30.1. The molecule has 15 heavy (non-hydrogen) atoms. The summed E-state index contributed by atoms with van der Waals surface area (Å²) in [6.45, 7) is 2.24. The predicted octanol–water partition coefficient (Wildman–Crippen LogP) is 1.66. The highest BCUT2D eigenvalue weighted by atomic mass is 79.9. The van der Waals surface area contributed by atoms with Crippen molar-refractivity contribution in [2.75, 3.05) is 13.7 Å². The van der Waals surface area contributed by atoms with Gasteiger partial charge in [0.25, 0.3) is 0 Å². The van der Waals surface area contributed by atoms with E-state index in [-0.39, 0.29) is 11.4 Å². The quantitative estimate of drug-likeness (QED) is 0.446. The second-order valence-electron chi connectivity index (χ2n) is 3.63. The Labute approximate surface area is 97.4 Å². The molecule has 0 amide bonds. The van der Waals surface area contributed by atoms with Gasteiger partial charge in [-0.25, -0.2) is 0 Å². The Hall–Kier alpha value is -0.580. The van der Waals surface area contributed by atoms with Gasteiger partial charge in [-0.1, -0.05) is 35.7 Å². The second kappa shape index (κ2) is 4.96. The fourth-order valence-electron chi connectivity index (χ4n) is 1.76. The standard InChI is InChI=1S/C10H15BrO4/c1-3-4-5-10(8(12)14-2)7(11)6-15-9(10)13/h7H,3-6H2,1-2H3/t7-,10+/m0/s1. The first kappa shape index (κ1) is 12.5. The Kier molecular flexibility index (Phi) is 4.13. The molecule has 2 atom stereocenters. The average Bonchev–Trinajstić information content (AvgIpc) is 2.53. The van der Waals surface area contributed by atoms with Gasteiger partial charge >= 0.3 is 11.9 Å². The second-order valence-corrected chi connectivity index (χ2v) is 4.74. The average molecular weight is 279 g/mol. The van der Waals surface area contributed by atoms with Crippen LogP contribution in [0.15, 0.2) is 0 Å². The van der Waals surface area contributed by atoms with Crippen LogP contribution in [-0.4, -0.2) is 30.5 Å². The number of unbranched alkanes of at least 4 members (excludes halogenated alkanes) is 1. The fourth-order valence-corrected chi connectivity index (χ4v) is 2.49. The third kappa shape index (κ3) is 2.02. The number of hydrogen-bond acceptors (Lipinski definition) is 4. The van der Waals surface area contributed by atoms with Gasteiger partial charge in [0, 0.05) is 0 Å². The minimum absolute atomic E-state index is 0.234. The Bertz CT molecular complexity index is 266. The van der Waals surface area contributed by atoms with Gasteiger partial charge in [0.1, 0.15) is 6.61 Å². The lowest BCUT2D eigenvalue weighted by atomic mass is 9.81. The zero-order valence-electron chi connectivity index (χ0n) is 8.92. The summed E-state index contributed by atoms with van der Waals surface area (Å²) >= 11 is 3.33. The molecule has 0 radical (unpaired) electrons. The summed E-state index contributed by atoms with van der Waals surface area (Å²) in [6, 6.07) is 0. The zero-order valence-corrected chi connectivity index (χ0v) is 10.5. The van der Waals surface area contributed by atoms with Crippen molar-refractivity contribution in [1.29, 1.82) is 0 Å². The van der Waals surface area contributed by atoms with Gasteiger partial charge in [0.2, 0.25) is 0 Å². The molecule has 0 saturated carbocycles. The van der Waals surface area contributed by atoms with Crippen LogP contribution < -0.4 is 0 Å². The van der Waals surface area contributed by atoms with Crippen LogP contribution in [0.25, 0.3) is 0 Å². The van der Waals surface area contributed by atoms with E-state index in [1.165, 1.54) is 7.11 Å². The summed E-state index contributed by atoms with van der Waals surface area (Å²) in [7, 11) is 1.29. The number of carbonyl (C=O) groups excluding carboxylic acids is 2.